The summed E-state index contributed by atoms with van der Waals surface area (Å²) in [6.45, 7) is 4.27. The fourth-order valence-electron chi connectivity index (χ4n) is 1.86. The smallest absolute Gasteiger partial charge is 0.220 e. The van der Waals surface area contributed by atoms with Crippen LogP contribution in [0.25, 0.3) is 0 Å². The van der Waals surface area contributed by atoms with E-state index < -0.39 is 9.04 Å². The Morgan fingerprint density at radius 3 is 2.73 bits per heavy atom. The molecule has 1 unspecified atom stereocenters. The van der Waals surface area contributed by atoms with Gasteiger partial charge in [-0.3, -0.25) is 0 Å². The van der Waals surface area contributed by atoms with Crippen molar-refractivity contribution in [3.8, 4) is 0 Å². The largest absolute Gasteiger partial charge is 0.390 e. The van der Waals surface area contributed by atoms with Gasteiger partial charge in [0, 0.05) is 0 Å². The number of hydrogen-bond acceptors (Lipinski definition) is 2. The van der Waals surface area contributed by atoms with E-state index in [9.17, 15) is 0 Å². The molecule has 3 heteroatoms. The van der Waals surface area contributed by atoms with Crippen LogP contribution in [0.1, 0.15) is 26.7 Å². The van der Waals surface area contributed by atoms with Crippen LogP contribution in [0.5, 0.6) is 0 Å². The molecule has 0 aliphatic carbocycles. The van der Waals surface area contributed by atoms with Gasteiger partial charge < -0.3 is 9.16 Å². The lowest BCUT2D eigenvalue weighted by Crippen LogP contribution is -2.56. The van der Waals surface area contributed by atoms with Gasteiger partial charge in [0.2, 0.25) is 9.04 Å². The minimum Gasteiger partial charge on any atom is -0.390 e. The molecule has 3 heterocycles. The molecule has 11 heavy (non-hydrogen) atoms. The molecule has 63 valence electrons. The van der Waals surface area contributed by atoms with Crippen LogP contribution in [-0.2, 0) is 9.16 Å². The van der Waals surface area contributed by atoms with Crippen molar-refractivity contribution in [2.45, 2.75) is 50.7 Å². The maximum atomic E-state index is 5.86. The SMILES string of the molecule is CCCC1(C)OC2C[Si](C2)O1. The topological polar surface area (TPSA) is 18.5 Å². The molecule has 0 aromatic carbocycles. The molecule has 1 radical (unpaired) electrons. The zero-order valence-electron chi connectivity index (χ0n) is 7.22. The van der Waals surface area contributed by atoms with Crippen molar-refractivity contribution in [3.63, 3.8) is 0 Å². The maximum absolute atomic E-state index is 5.86. The van der Waals surface area contributed by atoms with E-state index in [4.69, 9.17) is 9.16 Å². The lowest BCUT2D eigenvalue weighted by atomic mass is 10.2. The Bertz CT molecular complexity index is 144. The van der Waals surface area contributed by atoms with Crippen LogP contribution in [0.15, 0.2) is 0 Å². The predicted molar refractivity (Wildman–Crippen MR) is 44.6 cm³/mol. The van der Waals surface area contributed by atoms with Crippen LogP contribution >= 0.6 is 0 Å². The second-order valence-electron chi connectivity index (χ2n) is 3.67. The van der Waals surface area contributed by atoms with Gasteiger partial charge in [-0.15, -0.1) is 0 Å². The highest BCUT2D eigenvalue weighted by Crippen LogP contribution is 2.40. The Morgan fingerprint density at radius 1 is 1.55 bits per heavy atom. The zero-order chi connectivity index (χ0) is 7.90. The number of ether oxygens (including phenoxy) is 1. The molecule has 3 saturated heterocycles. The van der Waals surface area contributed by atoms with E-state index in [0.29, 0.717) is 6.10 Å². The van der Waals surface area contributed by atoms with Crippen LogP contribution in [-0.4, -0.2) is 20.9 Å². The Morgan fingerprint density at radius 2 is 2.27 bits per heavy atom. The standard InChI is InChI=1S/C8H15O2Si/c1-3-4-8(2)9-7-5-11(6-7)10-8/h7H,3-6H2,1-2H3. The van der Waals surface area contributed by atoms with Crippen molar-refractivity contribution in [3.05, 3.63) is 0 Å². The summed E-state index contributed by atoms with van der Waals surface area (Å²) in [7, 11) is -0.403. The van der Waals surface area contributed by atoms with Crippen LogP contribution in [0.4, 0.5) is 0 Å². The second-order valence-corrected chi connectivity index (χ2v) is 5.77. The van der Waals surface area contributed by atoms with Crippen molar-refractivity contribution >= 4 is 9.04 Å². The Kier molecular flexibility index (Phi) is 1.82. The number of fused-ring (bicyclic) bond motifs is 2. The third-order valence-electron chi connectivity index (χ3n) is 2.39. The highest BCUT2D eigenvalue weighted by molar-refractivity contribution is 6.56. The number of rotatable bonds is 2. The van der Waals surface area contributed by atoms with Crippen molar-refractivity contribution in [1.82, 2.24) is 0 Å². The van der Waals surface area contributed by atoms with Gasteiger partial charge in [0.05, 0.1) is 6.10 Å². The lowest BCUT2D eigenvalue weighted by Gasteiger charge is -2.49. The first-order chi connectivity index (χ1) is 5.22. The average Bonchev–Trinajstić information content (AvgIpc) is 1.84. The summed E-state index contributed by atoms with van der Waals surface area (Å²) in [6.07, 6.45) is 2.75. The molecular formula is C8H15O2Si. The summed E-state index contributed by atoms with van der Waals surface area (Å²) in [4.78, 5) is 0. The van der Waals surface area contributed by atoms with Crippen LogP contribution in [0.3, 0.4) is 0 Å². The molecule has 2 nitrogen and oxygen atoms in total. The molecule has 1 atom stereocenters. The summed E-state index contributed by atoms with van der Waals surface area (Å²) in [5.41, 5.74) is 0. The van der Waals surface area contributed by atoms with Gasteiger partial charge in [-0.2, -0.15) is 0 Å². The van der Waals surface area contributed by atoms with E-state index in [1.54, 1.807) is 0 Å². The fraction of sp³-hybridized carbons (Fsp3) is 1.00. The molecule has 0 spiro atoms. The highest BCUT2D eigenvalue weighted by atomic mass is 28.3. The molecule has 0 aromatic rings. The molecule has 3 aliphatic heterocycles. The highest BCUT2D eigenvalue weighted by Gasteiger charge is 2.47. The minimum absolute atomic E-state index is 0.204. The summed E-state index contributed by atoms with van der Waals surface area (Å²) < 4.78 is 11.6. The van der Waals surface area contributed by atoms with Crippen molar-refractivity contribution < 1.29 is 9.16 Å². The van der Waals surface area contributed by atoms with Gasteiger partial charge in [0.15, 0.2) is 5.79 Å². The molecule has 0 N–H and O–H groups in total. The molecule has 3 aliphatic rings. The first-order valence-electron chi connectivity index (χ1n) is 4.43. The molecule has 0 aromatic heterocycles. The summed E-state index contributed by atoms with van der Waals surface area (Å²) in [5.74, 6) is -0.204. The number of hydrogen-bond donors (Lipinski definition) is 0. The normalized spacial score (nSPS) is 43.6. The van der Waals surface area contributed by atoms with Gasteiger partial charge in [0.25, 0.3) is 0 Å². The van der Waals surface area contributed by atoms with E-state index in [0.717, 1.165) is 12.8 Å². The van der Waals surface area contributed by atoms with Crippen LogP contribution in [0, 0.1) is 0 Å². The Hall–Kier alpha value is 0.137. The fourth-order valence-corrected chi connectivity index (χ4v) is 3.85. The van der Waals surface area contributed by atoms with E-state index in [-0.39, 0.29) is 5.79 Å². The van der Waals surface area contributed by atoms with Gasteiger partial charge >= 0.3 is 0 Å². The van der Waals surface area contributed by atoms with Gasteiger partial charge in [-0.1, -0.05) is 13.3 Å². The van der Waals surface area contributed by atoms with Crippen molar-refractivity contribution in [1.29, 1.82) is 0 Å². The molecular weight excluding hydrogens is 156 g/mol. The van der Waals surface area contributed by atoms with Gasteiger partial charge in [0.1, 0.15) is 0 Å². The minimum atomic E-state index is -0.403. The van der Waals surface area contributed by atoms with Crippen molar-refractivity contribution in [2.75, 3.05) is 0 Å². The van der Waals surface area contributed by atoms with Gasteiger partial charge in [-0.05, 0) is 25.4 Å². The van der Waals surface area contributed by atoms with Crippen LogP contribution in [0.2, 0.25) is 12.1 Å². The third kappa shape index (κ3) is 1.37. The second kappa shape index (κ2) is 2.57. The predicted octanol–water partition coefficient (Wildman–Crippen LogP) is 1.92. The molecule has 2 bridgehead atoms. The Balaban J connectivity index is 1.94. The monoisotopic (exact) mass is 171 g/mol. The van der Waals surface area contributed by atoms with E-state index in [1.165, 1.54) is 12.1 Å². The van der Waals surface area contributed by atoms with E-state index in [2.05, 4.69) is 13.8 Å². The first-order valence-corrected chi connectivity index (χ1v) is 6.25. The van der Waals surface area contributed by atoms with Crippen LogP contribution < -0.4 is 0 Å². The average molecular weight is 171 g/mol. The quantitative estimate of drug-likeness (QED) is 0.591. The molecule has 0 amide bonds. The Labute approximate surface area is 69.6 Å². The zero-order valence-corrected chi connectivity index (χ0v) is 8.22. The summed E-state index contributed by atoms with van der Waals surface area (Å²) in [5, 5.41) is 0. The van der Waals surface area contributed by atoms with Gasteiger partial charge in [-0.25, -0.2) is 0 Å². The van der Waals surface area contributed by atoms with Crippen molar-refractivity contribution in [2.24, 2.45) is 0 Å². The lowest BCUT2D eigenvalue weighted by molar-refractivity contribution is -0.235. The van der Waals surface area contributed by atoms with E-state index >= 15 is 0 Å². The third-order valence-corrected chi connectivity index (χ3v) is 4.93. The maximum Gasteiger partial charge on any atom is 0.220 e. The first kappa shape index (κ1) is 7.77. The molecule has 0 saturated carbocycles. The summed E-state index contributed by atoms with van der Waals surface area (Å²) in [6, 6.07) is 2.45. The molecule has 3 rings (SSSR count). The summed E-state index contributed by atoms with van der Waals surface area (Å²) >= 11 is 0. The molecule has 3 fully saturated rings. The van der Waals surface area contributed by atoms with E-state index in [1.807, 2.05) is 0 Å².